The maximum atomic E-state index is 6.18. The van der Waals surface area contributed by atoms with Crippen molar-refractivity contribution in [2.24, 2.45) is 5.92 Å². The molecule has 1 aromatic carbocycles. The first kappa shape index (κ1) is 16.1. The van der Waals surface area contributed by atoms with Crippen LogP contribution in [0.2, 0.25) is 10.0 Å². The molecule has 0 amide bonds. The third kappa shape index (κ3) is 4.38. The fraction of sp³-hybridized carbons (Fsp3) is 0.647. The fourth-order valence-corrected chi connectivity index (χ4v) is 3.38. The van der Waals surface area contributed by atoms with Gasteiger partial charge in [-0.05, 0) is 69.7 Å². The van der Waals surface area contributed by atoms with Gasteiger partial charge in [-0.25, -0.2) is 0 Å². The predicted molar refractivity (Wildman–Crippen MR) is 88.9 cm³/mol. The van der Waals surface area contributed by atoms with Crippen molar-refractivity contribution in [2.75, 3.05) is 6.54 Å². The van der Waals surface area contributed by atoms with E-state index in [0.29, 0.717) is 21.9 Å². The lowest BCUT2D eigenvalue weighted by Gasteiger charge is -2.34. The molecule has 1 nitrogen and oxygen atoms in total. The Morgan fingerprint density at radius 1 is 1.10 bits per heavy atom. The third-order valence-electron chi connectivity index (χ3n) is 4.18. The summed E-state index contributed by atoms with van der Waals surface area (Å²) in [5.74, 6) is 1.30. The van der Waals surface area contributed by atoms with Gasteiger partial charge in [0.25, 0.3) is 0 Å². The smallest absolute Gasteiger partial charge is 0.0595 e. The van der Waals surface area contributed by atoms with Gasteiger partial charge in [0.05, 0.1) is 10.0 Å². The third-order valence-corrected chi connectivity index (χ3v) is 4.91. The zero-order chi connectivity index (χ0) is 14.8. The maximum absolute atomic E-state index is 6.18. The molecule has 1 fully saturated rings. The van der Waals surface area contributed by atoms with E-state index in [1.54, 1.807) is 0 Å². The van der Waals surface area contributed by atoms with Gasteiger partial charge in [0.1, 0.15) is 0 Å². The van der Waals surface area contributed by atoms with Crippen molar-refractivity contribution >= 4 is 23.2 Å². The van der Waals surface area contributed by atoms with E-state index >= 15 is 0 Å². The van der Waals surface area contributed by atoms with Gasteiger partial charge in [-0.3, -0.25) is 0 Å². The SMILES string of the molecule is CC(C)(C)NCC1CCCCC1c1ccc(Cl)c(Cl)c1. The summed E-state index contributed by atoms with van der Waals surface area (Å²) in [6, 6.07) is 6.14. The van der Waals surface area contributed by atoms with E-state index in [-0.39, 0.29) is 5.54 Å². The second-order valence-corrected chi connectivity index (χ2v) is 7.77. The van der Waals surface area contributed by atoms with Crippen LogP contribution in [0.4, 0.5) is 0 Å². The highest BCUT2D eigenvalue weighted by Gasteiger charge is 2.27. The van der Waals surface area contributed by atoms with E-state index in [0.717, 1.165) is 6.54 Å². The quantitative estimate of drug-likeness (QED) is 0.759. The molecule has 0 aliphatic heterocycles. The van der Waals surface area contributed by atoms with E-state index in [1.165, 1.54) is 31.2 Å². The number of benzene rings is 1. The topological polar surface area (TPSA) is 12.0 Å². The standard InChI is InChI=1S/C17H25Cl2N/c1-17(2,3)20-11-13-6-4-5-7-14(13)12-8-9-15(18)16(19)10-12/h8-10,13-14,20H,4-7,11H2,1-3H3. The Kier molecular flexibility index (Phi) is 5.39. The zero-order valence-corrected chi connectivity index (χ0v) is 14.2. The molecule has 0 spiro atoms. The molecule has 3 heteroatoms. The molecule has 0 radical (unpaired) electrons. The lowest BCUT2D eigenvalue weighted by atomic mass is 9.75. The second kappa shape index (κ2) is 6.68. The largest absolute Gasteiger partial charge is 0.312 e. The Balaban J connectivity index is 2.11. The Bertz CT molecular complexity index is 451. The fourth-order valence-electron chi connectivity index (χ4n) is 3.07. The van der Waals surface area contributed by atoms with Crippen LogP contribution in [0.1, 0.15) is 57.9 Å². The summed E-state index contributed by atoms with van der Waals surface area (Å²) in [6.45, 7) is 7.76. The lowest BCUT2D eigenvalue weighted by Crippen LogP contribution is -2.41. The molecule has 1 aliphatic carbocycles. The highest BCUT2D eigenvalue weighted by molar-refractivity contribution is 6.42. The van der Waals surface area contributed by atoms with Crippen LogP contribution in [0.3, 0.4) is 0 Å². The summed E-state index contributed by atoms with van der Waals surface area (Å²) in [7, 11) is 0. The van der Waals surface area contributed by atoms with Crippen molar-refractivity contribution in [3.05, 3.63) is 33.8 Å². The summed E-state index contributed by atoms with van der Waals surface area (Å²) in [6.07, 6.45) is 5.22. The van der Waals surface area contributed by atoms with Gasteiger partial charge in [0.2, 0.25) is 0 Å². The Hall–Kier alpha value is -0.240. The first-order valence-electron chi connectivity index (χ1n) is 7.57. The molecule has 1 saturated carbocycles. The molecule has 0 bridgehead atoms. The molecular formula is C17H25Cl2N. The van der Waals surface area contributed by atoms with Crippen LogP contribution in [-0.4, -0.2) is 12.1 Å². The molecule has 1 aromatic rings. The Morgan fingerprint density at radius 3 is 2.45 bits per heavy atom. The van der Waals surface area contributed by atoms with Gasteiger partial charge in [-0.15, -0.1) is 0 Å². The van der Waals surface area contributed by atoms with Crippen molar-refractivity contribution < 1.29 is 0 Å². The van der Waals surface area contributed by atoms with Crippen molar-refractivity contribution in [2.45, 2.75) is 57.9 Å². The monoisotopic (exact) mass is 313 g/mol. The van der Waals surface area contributed by atoms with Gasteiger partial charge >= 0.3 is 0 Å². The minimum atomic E-state index is 0.180. The average molecular weight is 314 g/mol. The minimum Gasteiger partial charge on any atom is -0.312 e. The molecule has 20 heavy (non-hydrogen) atoms. The summed E-state index contributed by atoms with van der Waals surface area (Å²) in [5, 5.41) is 4.98. The predicted octanol–water partition coefficient (Wildman–Crippen LogP) is 5.66. The van der Waals surface area contributed by atoms with E-state index in [2.05, 4.69) is 38.2 Å². The summed E-state index contributed by atoms with van der Waals surface area (Å²) < 4.78 is 0. The average Bonchev–Trinajstić information content (AvgIpc) is 2.39. The van der Waals surface area contributed by atoms with E-state index in [9.17, 15) is 0 Å². The number of rotatable bonds is 3. The van der Waals surface area contributed by atoms with Gasteiger partial charge in [0, 0.05) is 5.54 Å². The summed E-state index contributed by atoms with van der Waals surface area (Å²) in [5.41, 5.74) is 1.53. The van der Waals surface area contributed by atoms with Crippen LogP contribution in [0, 0.1) is 5.92 Å². The van der Waals surface area contributed by atoms with Crippen LogP contribution in [0.15, 0.2) is 18.2 Å². The van der Waals surface area contributed by atoms with Gasteiger partial charge < -0.3 is 5.32 Å². The number of nitrogens with one attached hydrogen (secondary N) is 1. The normalized spacial score (nSPS) is 23.9. The molecular weight excluding hydrogens is 289 g/mol. The molecule has 2 unspecified atom stereocenters. The van der Waals surface area contributed by atoms with Crippen LogP contribution < -0.4 is 5.32 Å². The van der Waals surface area contributed by atoms with Crippen molar-refractivity contribution in [1.82, 2.24) is 5.32 Å². The number of hydrogen-bond donors (Lipinski definition) is 1. The molecule has 0 saturated heterocycles. The van der Waals surface area contributed by atoms with Crippen LogP contribution >= 0.6 is 23.2 Å². The van der Waals surface area contributed by atoms with Crippen LogP contribution in [0.25, 0.3) is 0 Å². The second-order valence-electron chi connectivity index (χ2n) is 6.96. The number of halogens is 2. The zero-order valence-electron chi connectivity index (χ0n) is 12.7. The first-order chi connectivity index (χ1) is 9.37. The van der Waals surface area contributed by atoms with Crippen molar-refractivity contribution in [3.63, 3.8) is 0 Å². The van der Waals surface area contributed by atoms with Gasteiger partial charge in [-0.2, -0.15) is 0 Å². The van der Waals surface area contributed by atoms with Crippen molar-refractivity contribution in [1.29, 1.82) is 0 Å². The van der Waals surface area contributed by atoms with Crippen LogP contribution in [0.5, 0.6) is 0 Å². The molecule has 1 aliphatic rings. The Morgan fingerprint density at radius 2 is 1.80 bits per heavy atom. The van der Waals surface area contributed by atoms with E-state index in [4.69, 9.17) is 23.2 Å². The number of hydrogen-bond acceptors (Lipinski definition) is 1. The van der Waals surface area contributed by atoms with Crippen LogP contribution in [-0.2, 0) is 0 Å². The van der Waals surface area contributed by atoms with Gasteiger partial charge in [-0.1, -0.05) is 42.1 Å². The van der Waals surface area contributed by atoms with Crippen molar-refractivity contribution in [3.8, 4) is 0 Å². The first-order valence-corrected chi connectivity index (χ1v) is 8.32. The molecule has 1 N–H and O–H groups in total. The minimum absolute atomic E-state index is 0.180. The van der Waals surface area contributed by atoms with Gasteiger partial charge in [0.15, 0.2) is 0 Å². The molecule has 112 valence electrons. The highest BCUT2D eigenvalue weighted by atomic mass is 35.5. The Labute approximate surface area is 133 Å². The highest BCUT2D eigenvalue weighted by Crippen LogP contribution is 2.39. The van der Waals surface area contributed by atoms with E-state index < -0.39 is 0 Å². The summed E-state index contributed by atoms with van der Waals surface area (Å²) in [4.78, 5) is 0. The molecule has 0 aromatic heterocycles. The molecule has 2 atom stereocenters. The lowest BCUT2D eigenvalue weighted by molar-refractivity contribution is 0.269. The van der Waals surface area contributed by atoms with E-state index in [1.807, 2.05) is 6.07 Å². The maximum Gasteiger partial charge on any atom is 0.0595 e. The molecule has 0 heterocycles. The molecule has 2 rings (SSSR count). The summed E-state index contributed by atoms with van der Waals surface area (Å²) >= 11 is 12.2.